The average Bonchev–Trinajstić information content (AvgIpc) is 2.20. The predicted octanol–water partition coefficient (Wildman–Crippen LogP) is 0.703. The van der Waals surface area contributed by atoms with E-state index in [2.05, 4.69) is 10.2 Å². The minimum absolute atomic E-state index is 0. The molecule has 2 aliphatic rings. The summed E-state index contributed by atoms with van der Waals surface area (Å²) in [4.78, 5) is 2.07. The molecule has 5 heteroatoms. The first-order chi connectivity index (χ1) is 4.71. The van der Waals surface area contributed by atoms with Crippen molar-refractivity contribution in [1.29, 1.82) is 0 Å². The normalized spacial score (nSPS) is 40.0. The van der Waals surface area contributed by atoms with Crippen molar-refractivity contribution in [3.63, 3.8) is 0 Å². The summed E-state index contributed by atoms with van der Waals surface area (Å²) in [6, 6.07) is 0. The number of rotatable bonds is 0. The standard InChI is InChI=1S/C7H13FN2.2ClH/c1-10-3-6-2-9-4-7(6,8)5-10;;/h6,9H,2-5H2,1H3;2*1H/t6-,7-;;/m0../s1. The van der Waals surface area contributed by atoms with E-state index in [1.165, 1.54) is 0 Å². The van der Waals surface area contributed by atoms with Crippen LogP contribution in [0.5, 0.6) is 0 Å². The van der Waals surface area contributed by atoms with Crippen LogP contribution in [0, 0.1) is 5.92 Å². The third-order valence-electron chi connectivity index (χ3n) is 2.61. The molecule has 0 spiro atoms. The summed E-state index contributed by atoms with van der Waals surface area (Å²) in [5, 5.41) is 3.08. The highest BCUT2D eigenvalue weighted by molar-refractivity contribution is 5.85. The van der Waals surface area contributed by atoms with Crippen LogP contribution in [0.15, 0.2) is 0 Å². The number of fused-ring (bicyclic) bond motifs is 1. The van der Waals surface area contributed by atoms with Crippen molar-refractivity contribution >= 4 is 24.8 Å². The third kappa shape index (κ3) is 1.84. The number of nitrogens with zero attached hydrogens (tertiary/aromatic N) is 1. The molecule has 0 aromatic rings. The number of halogens is 3. The number of hydrogen-bond acceptors (Lipinski definition) is 2. The van der Waals surface area contributed by atoms with Gasteiger partial charge in [-0.1, -0.05) is 0 Å². The predicted molar refractivity (Wildman–Crippen MR) is 52.2 cm³/mol. The van der Waals surface area contributed by atoms with Crippen LogP contribution in [0.3, 0.4) is 0 Å². The molecule has 2 atom stereocenters. The fourth-order valence-electron chi connectivity index (χ4n) is 2.08. The topological polar surface area (TPSA) is 15.3 Å². The summed E-state index contributed by atoms with van der Waals surface area (Å²) in [5.74, 6) is 0.248. The lowest BCUT2D eigenvalue weighted by atomic mass is 9.97. The Hall–Kier alpha value is 0.430. The van der Waals surface area contributed by atoms with Crippen molar-refractivity contribution in [2.75, 3.05) is 33.2 Å². The molecule has 2 fully saturated rings. The van der Waals surface area contributed by atoms with Crippen molar-refractivity contribution in [3.05, 3.63) is 0 Å². The van der Waals surface area contributed by atoms with Gasteiger partial charge in [0.25, 0.3) is 0 Å². The summed E-state index contributed by atoms with van der Waals surface area (Å²) in [7, 11) is 1.99. The average molecular weight is 217 g/mol. The van der Waals surface area contributed by atoms with Crippen LogP contribution in [0.2, 0.25) is 0 Å². The molecule has 0 aliphatic carbocycles. The van der Waals surface area contributed by atoms with Crippen LogP contribution in [0.1, 0.15) is 0 Å². The molecule has 0 saturated carbocycles. The van der Waals surface area contributed by atoms with E-state index in [0.29, 0.717) is 13.1 Å². The van der Waals surface area contributed by atoms with Crippen LogP contribution >= 0.6 is 24.8 Å². The molecule has 2 rings (SSSR count). The Balaban J connectivity index is 0.000000605. The molecule has 2 heterocycles. The molecule has 12 heavy (non-hydrogen) atoms. The van der Waals surface area contributed by atoms with Gasteiger partial charge in [0.05, 0.1) is 0 Å². The van der Waals surface area contributed by atoms with Gasteiger partial charge in [0, 0.05) is 32.1 Å². The van der Waals surface area contributed by atoms with Crippen molar-refractivity contribution in [2.45, 2.75) is 5.67 Å². The van der Waals surface area contributed by atoms with Gasteiger partial charge in [-0.3, -0.25) is 0 Å². The zero-order valence-corrected chi connectivity index (χ0v) is 8.68. The first kappa shape index (κ1) is 12.4. The first-order valence-corrected chi connectivity index (χ1v) is 3.79. The maximum absolute atomic E-state index is 13.6. The number of alkyl halides is 1. The second-order valence-corrected chi connectivity index (χ2v) is 3.56. The summed E-state index contributed by atoms with van der Waals surface area (Å²) < 4.78 is 13.6. The van der Waals surface area contributed by atoms with Crippen LogP contribution in [0.4, 0.5) is 4.39 Å². The molecule has 2 saturated heterocycles. The van der Waals surface area contributed by atoms with Gasteiger partial charge in [0.15, 0.2) is 0 Å². The summed E-state index contributed by atoms with van der Waals surface area (Å²) in [6.07, 6.45) is 0. The molecule has 1 N–H and O–H groups in total. The van der Waals surface area contributed by atoms with Crippen LogP contribution in [0.25, 0.3) is 0 Å². The van der Waals surface area contributed by atoms with Gasteiger partial charge in [0.1, 0.15) is 5.67 Å². The Kier molecular flexibility index (Phi) is 4.24. The monoisotopic (exact) mass is 216 g/mol. The molecular formula is C7H15Cl2FN2. The van der Waals surface area contributed by atoms with Crippen molar-refractivity contribution in [2.24, 2.45) is 5.92 Å². The van der Waals surface area contributed by atoms with E-state index in [-0.39, 0.29) is 30.7 Å². The zero-order chi connectivity index (χ0) is 7.19. The molecule has 0 bridgehead atoms. The Labute approximate surface area is 84.7 Å². The second-order valence-electron chi connectivity index (χ2n) is 3.56. The third-order valence-corrected chi connectivity index (χ3v) is 2.61. The first-order valence-electron chi connectivity index (χ1n) is 3.79. The Morgan fingerprint density at radius 2 is 2.17 bits per heavy atom. The van der Waals surface area contributed by atoms with Crippen molar-refractivity contribution in [3.8, 4) is 0 Å². The fourth-order valence-corrected chi connectivity index (χ4v) is 2.08. The van der Waals surface area contributed by atoms with Crippen molar-refractivity contribution < 1.29 is 4.39 Å². The van der Waals surface area contributed by atoms with Gasteiger partial charge in [0.2, 0.25) is 0 Å². The largest absolute Gasteiger partial charge is 0.313 e. The number of likely N-dealkylation sites (tertiary alicyclic amines) is 1. The maximum Gasteiger partial charge on any atom is 0.141 e. The van der Waals surface area contributed by atoms with E-state index < -0.39 is 5.67 Å². The molecule has 0 radical (unpaired) electrons. The van der Waals surface area contributed by atoms with Crippen LogP contribution < -0.4 is 5.32 Å². The highest BCUT2D eigenvalue weighted by atomic mass is 35.5. The lowest BCUT2D eigenvalue weighted by Crippen LogP contribution is -2.33. The van der Waals surface area contributed by atoms with Gasteiger partial charge in [-0.2, -0.15) is 0 Å². The van der Waals surface area contributed by atoms with E-state index in [1.807, 2.05) is 7.05 Å². The lowest BCUT2D eigenvalue weighted by molar-refractivity contribution is 0.167. The Bertz CT molecular complexity index is 158. The quantitative estimate of drug-likeness (QED) is 0.642. The molecule has 0 unspecified atom stereocenters. The minimum atomic E-state index is -0.908. The smallest absolute Gasteiger partial charge is 0.141 e. The molecular weight excluding hydrogens is 202 g/mol. The van der Waals surface area contributed by atoms with Gasteiger partial charge < -0.3 is 10.2 Å². The molecule has 0 amide bonds. The van der Waals surface area contributed by atoms with Gasteiger partial charge in [-0.15, -0.1) is 24.8 Å². The van der Waals surface area contributed by atoms with E-state index in [4.69, 9.17) is 0 Å². The van der Waals surface area contributed by atoms with Gasteiger partial charge >= 0.3 is 0 Å². The Morgan fingerprint density at radius 1 is 1.50 bits per heavy atom. The van der Waals surface area contributed by atoms with E-state index in [9.17, 15) is 4.39 Å². The van der Waals surface area contributed by atoms with E-state index in [0.717, 1.165) is 13.1 Å². The molecule has 0 aromatic carbocycles. The molecule has 2 nitrogen and oxygen atoms in total. The highest BCUT2D eigenvalue weighted by Crippen LogP contribution is 2.33. The zero-order valence-electron chi connectivity index (χ0n) is 7.05. The minimum Gasteiger partial charge on any atom is -0.313 e. The molecule has 74 valence electrons. The van der Waals surface area contributed by atoms with Crippen LogP contribution in [-0.4, -0.2) is 43.8 Å². The van der Waals surface area contributed by atoms with Crippen molar-refractivity contribution in [1.82, 2.24) is 10.2 Å². The van der Waals surface area contributed by atoms with Gasteiger partial charge in [-0.25, -0.2) is 4.39 Å². The Morgan fingerprint density at radius 3 is 2.75 bits per heavy atom. The van der Waals surface area contributed by atoms with E-state index >= 15 is 0 Å². The van der Waals surface area contributed by atoms with E-state index in [1.54, 1.807) is 0 Å². The highest BCUT2D eigenvalue weighted by Gasteiger charge is 2.49. The lowest BCUT2D eigenvalue weighted by Gasteiger charge is -2.15. The molecule has 2 aliphatic heterocycles. The van der Waals surface area contributed by atoms with Crippen LogP contribution in [-0.2, 0) is 0 Å². The fraction of sp³-hybridized carbons (Fsp3) is 1.00. The molecule has 0 aromatic heterocycles. The number of hydrogen-bond donors (Lipinski definition) is 1. The summed E-state index contributed by atoms with van der Waals surface area (Å²) in [6.45, 7) is 2.96. The maximum atomic E-state index is 13.6. The SMILES string of the molecule is CN1C[C@@H]2CNC[C@]2(F)C1.Cl.Cl. The number of nitrogens with one attached hydrogen (secondary N) is 1. The second kappa shape index (κ2) is 4.09. The van der Waals surface area contributed by atoms with Gasteiger partial charge in [-0.05, 0) is 7.05 Å². The summed E-state index contributed by atoms with van der Waals surface area (Å²) in [5.41, 5.74) is -0.908. The summed E-state index contributed by atoms with van der Waals surface area (Å²) >= 11 is 0.